The minimum atomic E-state index is -0.447. The molecule has 1 aliphatic carbocycles. The highest BCUT2D eigenvalue weighted by Gasteiger charge is 2.40. The first-order valence-electron chi connectivity index (χ1n) is 6.93. The quantitative estimate of drug-likeness (QED) is 0.670. The summed E-state index contributed by atoms with van der Waals surface area (Å²) in [7, 11) is 0. The molecule has 0 amide bonds. The Labute approximate surface area is 122 Å². The molecule has 2 unspecified atom stereocenters. The van der Waals surface area contributed by atoms with E-state index in [4.69, 9.17) is 16.3 Å². The second kappa shape index (κ2) is 5.68. The third kappa shape index (κ3) is 2.95. The van der Waals surface area contributed by atoms with Crippen LogP contribution in [0, 0.1) is 16.0 Å². The van der Waals surface area contributed by atoms with Gasteiger partial charge in [-0.05, 0) is 36.8 Å². The molecule has 2 fully saturated rings. The van der Waals surface area contributed by atoms with Crippen molar-refractivity contribution < 1.29 is 9.66 Å². The van der Waals surface area contributed by atoms with E-state index in [2.05, 4.69) is 5.32 Å². The molecule has 1 heterocycles. The van der Waals surface area contributed by atoms with Crippen molar-refractivity contribution in [1.29, 1.82) is 0 Å². The van der Waals surface area contributed by atoms with E-state index in [1.54, 1.807) is 6.07 Å². The predicted octanol–water partition coefficient (Wildman–Crippen LogP) is 2.91. The number of halogens is 1. The second-order valence-corrected chi connectivity index (χ2v) is 5.90. The molecule has 0 bridgehead atoms. The van der Waals surface area contributed by atoms with E-state index in [9.17, 15) is 10.1 Å². The van der Waals surface area contributed by atoms with Gasteiger partial charge in [-0.2, -0.15) is 0 Å². The highest BCUT2D eigenvalue weighted by Crippen LogP contribution is 2.38. The molecule has 1 aromatic carbocycles. The molecule has 1 saturated carbocycles. The number of hydrogen-bond acceptors (Lipinski definition) is 4. The van der Waals surface area contributed by atoms with E-state index in [-0.39, 0.29) is 10.7 Å². The Morgan fingerprint density at radius 1 is 1.40 bits per heavy atom. The minimum Gasteiger partial charge on any atom is -0.376 e. The molecule has 5 nitrogen and oxygen atoms in total. The lowest BCUT2D eigenvalue weighted by Gasteiger charge is -2.19. The molecule has 0 spiro atoms. The standard InChI is InChI=1S/C14H17ClN2O3/c15-11-4-1-9(7-13(11)17(18)19)8-16-12-5-6-20-14(12)10-2-3-10/h1,4,7,10,12,14,16H,2-3,5-6,8H2. The van der Waals surface area contributed by atoms with E-state index in [0.717, 1.165) is 18.6 Å². The van der Waals surface area contributed by atoms with E-state index >= 15 is 0 Å². The van der Waals surface area contributed by atoms with Gasteiger partial charge in [0.2, 0.25) is 0 Å². The third-order valence-electron chi connectivity index (χ3n) is 4.00. The number of ether oxygens (including phenoxy) is 1. The van der Waals surface area contributed by atoms with Crippen LogP contribution in [0.1, 0.15) is 24.8 Å². The summed E-state index contributed by atoms with van der Waals surface area (Å²) >= 11 is 5.81. The van der Waals surface area contributed by atoms with Crippen LogP contribution in [0.3, 0.4) is 0 Å². The molecule has 0 radical (unpaired) electrons. The lowest BCUT2D eigenvalue weighted by molar-refractivity contribution is -0.384. The SMILES string of the molecule is O=[N+]([O-])c1cc(CNC2CCOC2C2CC2)ccc1Cl. The number of nitrogens with one attached hydrogen (secondary N) is 1. The monoisotopic (exact) mass is 296 g/mol. The zero-order valence-corrected chi connectivity index (χ0v) is 11.8. The molecule has 6 heteroatoms. The Kier molecular flexibility index (Phi) is 3.92. The lowest BCUT2D eigenvalue weighted by Crippen LogP contribution is -2.37. The lowest BCUT2D eigenvalue weighted by atomic mass is 10.1. The molecule has 3 rings (SSSR count). The van der Waals surface area contributed by atoms with Crippen molar-refractivity contribution in [2.75, 3.05) is 6.61 Å². The average Bonchev–Trinajstić information content (AvgIpc) is 3.16. The Morgan fingerprint density at radius 3 is 2.90 bits per heavy atom. The maximum atomic E-state index is 10.9. The van der Waals surface area contributed by atoms with Gasteiger partial charge in [0.05, 0.1) is 11.0 Å². The maximum absolute atomic E-state index is 10.9. The maximum Gasteiger partial charge on any atom is 0.288 e. The van der Waals surface area contributed by atoms with Crippen molar-refractivity contribution in [1.82, 2.24) is 5.32 Å². The smallest absolute Gasteiger partial charge is 0.288 e. The fourth-order valence-electron chi connectivity index (χ4n) is 2.78. The fourth-order valence-corrected chi connectivity index (χ4v) is 2.96. The first kappa shape index (κ1) is 13.8. The number of nitro groups is 1. The van der Waals surface area contributed by atoms with Crippen LogP contribution in [0.2, 0.25) is 5.02 Å². The summed E-state index contributed by atoms with van der Waals surface area (Å²) in [6, 6.07) is 5.30. The number of nitrogens with zero attached hydrogens (tertiary/aromatic N) is 1. The molecule has 0 aromatic heterocycles. The average molecular weight is 297 g/mol. The summed E-state index contributed by atoms with van der Waals surface area (Å²) in [4.78, 5) is 10.4. The van der Waals surface area contributed by atoms with Crippen LogP contribution in [0.15, 0.2) is 18.2 Å². The summed E-state index contributed by atoms with van der Waals surface area (Å²) in [5, 5.41) is 14.5. The molecule has 2 aliphatic rings. The third-order valence-corrected chi connectivity index (χ3v) is 4.32. The summed E-state index contributed by atoms with van der Waals surface area (Å²) < 4.78 is 5.77. The molecule has 20 heavy (non-hydrogen) atoms. The van der Waals surface area contributed by atoms with E-state index in [0.29, 0.717) is 24.6 Å². The molecule has 1 aromatic rings. The first-order chi connectivity index (χ1) is 9.65. The van der Waals surface area contributed by atoms with Gasteiger partial charge in [0, 0.05) is 25.3 Å². The first-order valence-corrected chi connectivity index (χ1v) is 7.31. The van der Waals surface area contributed by atoms with E-state index < -0.39 is 4.92 Å². The Hall–Kier alpha value is -1.17. The van der Waals surface area contributed by atoms with Gasteiger partial charge < -0.3 is 10.1 Å². The van der Waals surface area contributed by atoms with Crippen molar-refractivity contribution >= 4 is 17.3 Å². The number of benzene rings is 1. The Bertz CT molecular complexity index is 519. The molecular formula is C14H17ClN2O3. The molecule has 1 N–H and O–H groups in total. The topological polar surface area (TPSA) is 64.4 Å². The van der Waals surface area contributed by atoms with Crippen molar-refractivity contribution in [2.45, 2.75) is 38.0 Å². The van der Waals surface area contributed by atoms with Crippen LogP contribution in [0.4, 0.5) is 5.69 Å². The van der Waals surface area contributed by atoms with Crippen molar-refractivity contribution in [3.63, 3.8) is 0 Å². The van der Waals surface area contributed by atoms with E-state index in [1.165, 1.54) is 18.9 Å². The van der Waals surface area contributed by atoms with Crippen LogP contribution < -0.4 is 5.32 Å². The second-order valence-electron chi connectivity index (χ2n) is 5.49. The van der Waals surface area contributed by atoms with Gasteiger partial charge in [-0.3, -0.25) is 10.1 Å². The molecule has 1 aliphatic heterocycles. The zero-order valence-electron chi connectivity index (χ0n) is 11.0. The van der Waals surface area contributed by atoms with Crippen LogP contribution in [0.5, 0.6) is 0 Å². The van der Waals surface area contributed by atoms with Gasteiger partial charge in [-0.15, -0.1) is 0 Å². The Morgan fingerprint density at radius 2 is 2.20 bits per heavy atom. The fraction of sp³-hybridized carbons (Fsp3) is 0.571. The molecule has 108 valence electrons. The minimum absolute atomic E-state index is 0.0348. The Balaban J connectivity index is 1.63. The van der Waals surface area contributed by atoms with Crippen LogP contribution in [0.25, 0.3) is 0 Å². The van der Waals surface area contributed by atoms with Crippen LogP contribution in [-0.4, -0.2) is 23.7 Å². The predicted molar refractivity (Wildman–Crippen MR) is 75.8 cm³/mol. The summed E-state index contributed by atoms with van der Waals surface area (Å²) in [6.07, 6.45) is 3.85. The largest absolute Gasteiger partial charge is 0.376 e. The van der Waals surface area contributed by atoms with E-state index in [1.807, 2.05) is 6.07 Å². The van der Waals surface area contributed by atoms with Crippen molar-refractivity contribution in [3.05, 3.63) is 38.9 Å². The van der Waals surface area contributed by atoms with Crippen LogP contribution in [-0.2, 0) is 11.3 Å². The van der Waals surface area contributed by atoms with Crippen molar-refractivity contribution in [2.24, 2.45) is 5.92 Å². The van der Waals surface area contributed by atoms with Gasteiger partial charge in [0.1, 0.15) is 5.02 Å². The zero-order chi connectivity index (χ0) is 14.1. The summed E-state index contributed by atoms with van der Waals surface area (Å²) in [6.45, 7) is 1.41. The molecular weight excluding hydrogens is 280 g/mol. The van der Waals surface area contributed by atoms with Gasteiger partial charge in [0.25, 0.3) is 5.69 Å². The molecule has 1 saturated heterocycles. The van der Waals surface area contributed by atoms with Crippen LogP contribution >= 0.6 is 11.6 Å². The number of nitro benzene ring substituents is 1. The van der Waals surface area contributed by atoms with Gasteiger partial charge >= 0.3 is 0 Å². The summed E-state index contributed by atoms with van der Waals surface area (Å²) in [5.74, 6) is 0.703. The van der Waals surface area contributed by atoms with Gasteiger partial charge in [-0.25, -0.2) is 0 Å². The highest BCUT2D eigenvalue weighted by molar-refractivity contribution is 6.32. The number of hydrogen-bond donors (Lipinski definition) is 1. The van der Waals surface area contributed by atoms with Crippen molar-refractivity contribution in [3.8, 4) is 0 Å². The van der Waals surface area contributed by atoms with Gasteiger partial charge in [0.15, 0.2) is 0 Å². The highest BCUT2D eigenvalue weighted by atomic mass is 35.5. The summed E-state index contributed by atoms with van der Waals surface area (Å²) in [5.41, 5.74) is 0.843. The normalized spacial score (nSPS) is 25.9. The number of rotatable bonds is 5. The van der Waals surface area contributed by atoms with Gasteiger partial charge in [-0.1, -0.05) is 17.7 Å². The molecule has 2 atom stereocenters.